The van der Waals surface area contributed by atoms with E-state index in [1.807, 2.05) is 19.3 Å². The monoisotopic (exact) mass is 301 g/mol. The maximum Gasteiger partial charge on any atom is 0.191 e. The molecule has 22 heavy (non-hydrogen) atoms. The highest BCUT2D eigenvalue weighted by Crippen LogP contribution is 2.31. The molecule has 2 fully saturated rings. The van der Waals surface area contributed by atoms with Gasteiger partial charge in [-0.15, -0.1) is 0 Å². The molecule has 1 aliphatic carbocycles. The lowest BCUT2D eigenvalue weighted by atomic mass is 10.1. The standard InChI is InChI=1S/C17H27N5/c1-12-5-4-8-19-15(12)9-20-17(18-3)21-16-11-22(10-13(16)2)14-6-7-14/h4-5,8,13-14,16H,6-7,9-11H2,1-3H3,(H2,18,20,21). The number of hydrogen-bond acceptors (Lipinski definition) is 3. The van der Waals surface area contributed by atoms with Crippen molar-refractivity contribution in [3.05, 3.63) is 29.6 Å². The number of aliphatic imine (C=N–C) groups is 1. The summed E-state index contributed by atoms with van der Waals surface area (Å²) in [6.45, 7) is 7.47. The summed E-state index contributed by atoms with van der Waals surface area (Å²) >= 11 is 0. The molecule has 120 valence electrons. The molecule has 0 aromatic carbocycles. The molecular weight excluding hydrogens is 274 g/mol. The van der Waals surface area contributed by atoms with Crippen LogP contribution >= 0.6 is 0 Å². The molecule has 2 N–H and O–H groups in total. The van der Waals surface area contributed by atoms with Crippen LogP contribution in [0.4, 0.5) is 0 Å². The summed E-state index contributed by atoms with van der Waals surface area (Å²) < 4.78 is 0. The van der Waals surface area contributed by atoms with Gasteiger partial charge in [-0.1, -0.05) is 13.0 Å². The van der Waals surface area contributed by atoms with Gasteiger partial charge < -0.3 is 10.6 Å². The van der Waals surface area contributed by atoms with Gasteiger partial charge in [0, 0.05) is 38.4 Å². The SMILES string of the molecule is CN=C(NCc1ncccc1C)NC1CN(C2CC2)CC1C. The van der Waals surface area contributed by atoms with E-state index < -0.39 is 0 Å². The fourth-order valence-electron chi connectivity index (χ4n) is 3.17. The number of nitrogens with zero attached hydrogens (tertiary/aromatic N) is 3. The molecule has 3 rings (SSSR count). The van der Waals surface area contributed by atoms with E-state index in [9.17, 15) is 0 Å². The minimum atomic E-state index is 0.483. The molecule has 0 radical (unpaired) electrons. The van der Waals surface area contributed by atoms with Crippen LogP contribution in [0.1, 0.15) is 31.0 Å². The Morgan fingerprint density at radius 3 is 2.91 bits per heavy atom. The van der Waals surface area contributed by atoms with Crippen molar-refractivity contribution in [3.8, 4) is 0 Å². The summed E-state index contributed by atoms with van der Waals surface area (Å²) in [4.78, 5) is 11.4. The zero-order valence-corrected chi connectivity index (χ0v) is 13.8. The number of hydrogen-bond donors (Lipinski definition) is 2. The zero-order valence-electron chi connectivity index (χ0n) is 13.8. The first-order valence-electron chi connectivity index (χ1n) is 8.29. The average Bonchev–Trinajstić information content (AvgIpc) is 3.30. The second kappa shape index (κ2) is 6.65. The van der Waals surface area contributed by atoms with Gasteiger partial charge in [0.15, 0.2) is 5.96 Å². The lowest BCUT2D eigenvalue weighted by molar-refractivity contribution is 0.315. The van der Waals surface area contributed by atoms with Crippen LogP contribution in [0.3, 0.4) is 0 Å². The van der Waals surface area contributed by atoms with Crippen LogP contribution in [-0.2, 0) is 6.54 Å². The van der Waals surface area contributed by atoms with Gasteiger partial charge in [-0.3, -0.25) is 14.9 Å². The molecule has 1 aromatic heterocycles. The van der Waals surface area contributed by atoms with Gasteiger partial charge >= 0.3 is 0 Å². The molecule has 0 amide bonds. The Labute approximate surface area is 133 Å². The summed E-state index contributed by atoms with van der Waals surface area (Å²) in [5.74, 6) is 1.54. The van der Waals surface area contributed by atoms with Crippen molar-refractivity contribution in [1.82, 2.24) is 20.5 Å². The Balaban J connectivity index is 1.53. The highest BCUT2D eigenvalue weighted by Gasteiger charge is 2.38. The third-order valence-corrected chi connectivity index (χ3v) is 4.79. The first-order valence-corrected chi connectivity index (χ1v) is 8.29. The van der Waals surface area contributed by atoms with Gasteiger partial charge in [-0.2, -0.15) is 0 Å². The number of aryl methyl sites for hydroxylation is 1. The molecule has 2 aliphatic rings. The molecule has 2 atom stereocenters. The predicted octanol–water partition coefficient (Wildman–Crippen LogP) is 1.54. The van der Waals surface area contributed by atoms with E-state index >= 15 is 0 Å². The fourth-order valence-corrected chi connectivity index (χ4v) is 3.17. The van der Waals surface area contributed by atoms with Gasteiger partial charge in [-0.05, 0) is 37.3 Å². The smallest absolute Gasteiger partial charge is 0.191 e. The molecule has 1 aliphatic heterocycles. The minimum Gasteiger partial charge on any atom is -0.352 e. The Hall–Kier alpha value is -1.62. The average molecular weight is 301 g/mol. The highest BCUT2D eigenvalue weighted by atomic mass is 15.3. The minimum absolute atomic E-state index is 0.483. The highest BCUT2D eigenvalue weighted by molar-refractivity contribution is 5.80. The second-order valence-corrected chi connectivity index (χ2v) is 6.61. The number of aromatic nitrogens is 1. The number of pyridine rings is 1. The molecule has 1 saturated heterocycles. The molecule has 5 heteroatoms. The number of guanidine groups is 1. The van der Waals surface area contributed by atoms with Crippen molar-refractivity contribution < 1.29 is 0 Å². The first-order chi connectivity index (χ1) is 10.7. The van der Waals surface area contributed by atoms with Crippen molar-refractivity contribution >= 4 is 5.96 Å². The van der Waals surface area contributed by atoms with E-state index in [0.29, 0.717) is 18.5 Å². The van der Waals surface area contributed by atoms with Gasteiger partial charge in [0.1, 0.15) is 0 Å². The van der Waals surface area contributed by atoms with E-state index in [1.165, 1.54) is 24.9 Å². The molecule has 0 spiro atoms. The summed E-state index contributed by atoms with van der Waals surface area (Å²) in [6, 6.07) is 5.39. The van der Waals surface area contributed by atoms with Crippen LogP contribution in [-0.4, -0.2) is 48.1 Å². The molecular formula is C17H27N5. The van der Waals surface area contributed by atoms with E-state index in [0.717, 1.165) is 24.2 Å². The van der Waals surface area contributed by atoms with Crippen molar-refractivity contribution in [3.63, 3.8) is 0 Å². The molecule has 5 nitrogen and oxygen atoms in total. The molecule has 2 heterocycles. The Morgan fingerprint density at radius 2 is 2.23 bits per heavy atom. The summed E-state index contributed by atoms with van der Waals surface area (Å²) in [7, 11) is 1.83. The maximum absolute atomic E-state index is 4.42. The summed E-state index contributed by atoms with van der Waals surface area (Å²) in [5.41, 5.74) is 2.28. The molecule has 1 aromatic rings. The quantitative estimate of drug-likeness (QED) is 0.654. The van der Waals surface area contributed by atoms with Crippen LogP contribution < -0.4 is 10.6 Å². The maximum atomic E-state index is 4.42. The molecule has 0 bridgehead atoms. The Morgan fingerprint density at radius 1 is 1.41 bits per heavy atom. The van der Waals surface area contributed by atoms with Gasteiger partial charge in [0.05, 0.1) is 12.2 Å². The van der Waals surface area contributed by atoms with E-state index in [2.05, 4.69) is 45.4 Å². The van der Waals surface area contributed by atoms with Gasteiger partial charge in [0.25, 0.3) is 0 Å². The number of rotatable bonds is 4. The number of nitrogens with one attached hydrogen (secondary N) is 2. The predicted molar refractivity (Wildman–Crippen MR) is 89.9 cm³/mol. The van der Waals surface area contributed by atoms with Crippen LogP contribution in [0.25, 0.3) is 0 Å². The largest absolute Gasteiger partial charge is 0.352 e. The van der Waals surface area contributed by atoms with Crippen molar-refractivity contribution in [2.75, 3.05) is 20.1 Å². The third-order valence-electron chi connectivity index (χ3n) is 4.79. The lowest BCUT2D eigenvalue weighted by Gasteiger charge is -2.20. The van der Waals surface area contributed by atoms with Crippen LogP contribution in [0, 0.1) is 12.8 Å². The normalized spacial score (nSPS) is 26.2. The second-order valence-electron chi connectivity index (χ2n) is 6.61. The Kier molecular flexibility index (Phi) is 4.62. The van der Waals surface area contributed by atoms with Crippen LogP contribution in [0.2, 0.25) is 0 Å². The Bertz CT molecular complexity index is 538. The van der Waals surface area contributed by atoms with Gasteiger partial charge in [0.2, 0.25) is 0 Å². The van der Waals surface area contributed by atoms with E-state index in [4.69, 9.17) is 0 Å². The molecule has 2 unspecified atom stereocenters. The molecule has 1 saturated carbocycles. The first kappa shape index (κ1) is 15.3. The van der Waals surface area contributed by atoms with Crippen molar-refractivity contribution in [1.29, 1.82) is 0 Å². The van der Waals surface area contributed by atoms with Crippen LogP contribution in [0.15, 0.2) is 23.3 Å². The van der Waals surface area contributed by atoms with E-state index in [1.54, 1.807) is 0 Å². The van der Waals surface area contributed by atoms with Crippen LogP contribution in [0.5, 0.6) is 0 Å². The fraction of sp³-hybridized carbons (Fsp3) is 0.647. The topological polar surface area (TPSA) is 52.6 Å². The van der Waals surface area contributed by atoms with Crippen molar-refractivity contribution in [2.45, 2.75) is 45.3 Å². The van der Waals surface area contributed by atoms with Crippen molar-refractivity contribution in [2.24, 2.45) is 10.9 Å². The van der Waals surface area contributed by atoms with Gasteiger partial charge in [-0.25, -0.2) is 0 Å². The summed E-state index contributed by atoms with van der Waals surface area (Å²) in [6.07, 6.45) is 4.60. The van der Waals surface area contributed by atoms with E-state index in [-0.39, 0.29) is 0 Å². The lowest BCUT2D eigenvalue weighted by Crippen LogP contribution is -2.46. The third kappa shape index (κ3) is 3.58. The summed E-state index contributed by atoms with van der Waals surface area (Å²) in [5, 5.41) is 6.98. The number of likely N-dealkylation sites (tertiary alicyclic amines) is 1. The zero-order chi connectivity index (χ0) is 15.5.